The van der Waals surface area contributed by atoms with E-state index in [9.17, 15) is 9.90 Å². The number of aromatic hydroxyl groups is 1. The number of aliphatic imine (C=N–C) groups is 1. The zero-order valence-corrected chi connectivity index (χ0v) is 9.63. The third-order valence-corrected chi connectivity index (χ3v) is 2.99. The third kappa shape index (κ3) is 1.70. The zero-order valence-electron chi connectivity index (χ0n) is 9.63. The molecule has 0 spiro atoms. The van der Waals surface area contributed by atoms with E-state index in [4.69, 9.17) is 0 Å². The molecule has 3 rings (SSSR count). The number of benzene rings is 2. The molecule has 0 saturated heterocycles. The minimum atomic E-state index is -0.0862. The minimum absolute atomic E-state index is 0.00774. The van der Waals surface area contributed by atoms with Crippen LogP contribution in [0.25, 0.3) is 0 Å². The van der Waals surface area contributed by atoms with E-state index in [1.165, 1.54) is 6.07 Å². The number of rotatable bonds is 1. The number of carbonyl (C=O) groups is 1. The van der Waals surface area contributed by atoms with E-state index >= 15 is 0 Å². The van der Waals surface area contributed by atoms with Crippen LogP contribution in [-0.2, 0) is 0 Å². The van der Waals surface area contributed by atoms with Gasteiger partial charge in [0.05, 0.1) is 23.4 Å². The number of hydrogen-bond acceptors (Lipinski definition) is 3. The van der Waals surface area contributed by atoms with Gasteiger partial charge in [0, 0.05) is 0 Å². The van der Waals surface area contributed by atoms with E-state index in [0.717, 1.165) is 11.3 Å². The van der Waals surface area contributed by atoms with Crippen LogP contribution >= 0.6 is 0 Å². The maximum atomic E-state index is 12.0. The monoisotopic (exact) mass is 237 g/mol. The number of ketones is 1. The molecule has 0 saturated carbocycles. The second-order valence-corrected chi connectivity index (χ2v) is 4.20. The van der Waals surface area contributed by atoms with Gasteiger partial charge in [-0.1, -0.05) is 36.4 Å². The van der Waals surface area contributed by atoms with Crippen molar-refractivity contribution in [1.29, 1.82) is 0 Å². The Kier molecular flexibility index (Phi) is 2.45. The maximum Gasteiger partial charge on any atom is 0.174 e. The maximum absolute atomic E-state index is 12.0. The Morgan fingerprint density at radius 2 is 1.78 bits per heavy atom. The van der Waals surface area contributed by atoms with Crippen LogP contribution in [0, 0.1) is 0 Å². The van der Waals surface area contributed by atoms with Crippen LogP contribution in [0.1, 0.15) is 22.3 Å². The van der Waals surface area contributed by atoms with Crippen LogP contribution in [0.15, 0.2) is 53.5 Å². The quantitative estimate of drug-likeness (QED) is 0.828. The molecule has 0 aromatic heterocycles. The molecule has 0 atom stereocenters. The van der Waals surface area contributed by atoms with Crippen molar-refractivity contribution in [3.8, 4) is 5.75 Å². The van der Waals surface area contributed by atoms with Gasteiger partial charge in [-0.05, 0) is 17.7 Å². The molecule has 2 aromatic rings. The van der Waals surface area contributed by atoms with Gasteiger partial charge in [0.2, 0.25) is 0 Å². The summed E-state index contributed by atoms with van der Waals surface area (Å²) >= 11 is 0. The fraction of sp³-hybridized carbons (Fsp3) is 0.0667. The summed E-state index contributed by atoms with van der Waals surface area (Å²) in [7, 11) is 0. The highest BCUT2D eigenvalue weighted by Gasteiger charge is 2.23. The Bertz CT molecular complexity index is 645. The lowest BCUT2D eigenvalue weighted by Crippen LogP contribution is -2.14. The number of phenols is 1. The Labute approximate surface area is 104 Å². The number of fused-ring (bicyclic) bond motifs is 1. The van der Waals surface area contributed by atoms with Crippen molar-refractivity contribution in [2.24, 2.45) is 4.99 Å². The van der Waals surface area contributed by atoms with Crippen molar-refractivity contribution in [3.05, 3.63) is 59.7 Å². The summed E-state index contributed by atoms with van der Waals surface area (Å²) < 4.78 is 0. The highest BCUT2D eigenvalue weighted by Crippen LogP contribution is 2.33. The molecule has 3 heteroatoms. The van der Waals surface area contributed by atoms with E-state index < -0.39 is 0 Å². The molecule has 3 nitrogen and oxygen atoms in total. The first kappa shape index (κ1) is 10.7. The number of nitrogens with zero attached hydrogens (tertiary/aromatic N) is 1. The molecular weight excluding hydrogens is 226 g/mol. The lowest BCUT2D eigenvalue weighted by Gasteiger charge is -2.15. The summed E-state index contributed by atoms with van der Waals surface area (Å²) in [5.74, 6) is -0.0784. The van der Waals surface area contributed by atoms with Crippen LogP contribution in [0.3, 0.4) is 0 Å². The van der Waals surface area contributed by atoms with Gasteiger partial charge < -0.3 is 5.11 Å². The fourth-order valence-electron chi connectivity index (χ4n) is 2.13. The Balaban J connectivity index is 2.14. The zero-order chi connectivity index (χ0) is 12.5. The average Bonchev–Trinajstić information content (AvgIpc) is 2.39. The summed E-state index contributed by atoms with van der Waals surface area (Å²) in [4.78, 5) is 16.5. The number of Topliss-reactive ketones (excluding diaryl/α,β-unsaturated/α-hetero) is 1. The predicted molar refractivity (Wildman–Crippen MR) is 69.7 cm³/mol. The van der Waals surface area contributed by atoms with Crippen LogP contribution in [0.2, 0.25) is 0 Å². The number of hydrogen-bond donors (Lipinski definition) is 1. The minimum Gasteiger partial charge on any atom is -0.507 e. The van der Waals surface area contributed by atoms with Gasteiger partial charge in [0.25, 0.3) is 0 Å². The summed E-state index contributed by atoms with van der Waals surface area (Å²) in [5, 5.41) is 9.69. The molecule has 1 aliphatic heterocycles. The first-order chi connectivity index (χ1) is 8.75. The molecule has 0 radical (unpaired) electrons. The normalized spacial score (nSPS) is 14.0. The first-order valence-corrected chi connectivity index (χ1v) is 5.74. The van der Waals surface area contributed by atoms with Crippen LogP contribution in [0.5, 0.6) is 5.75 Å². The Morgan fingerprint density at radius 3 is 2.56 bits per heavy atom. The predicted octanol–water partition coefficient (Wildman–Crippen LogP) is 3.10. The van der Waals surface area contributed by atoms with E-state index in [2.05, 4.69) is 4.99 Å². The van der Waals surface area contributed by atoms with E-state index in [1.807, 2.05) is 30.3 Å². The molecule has 0 unspecified atom stereocenters. The van der Waals surface area contributed by atoms with E-state index in [-0.39, 0.29) is 18.0 Å². The summed E-state index contributed by atoms with van der Waals surface area (Å²) in [6, 6.07) is 14.6. The Hall–Kier alpha value is -2.42. The number of phenolic OH excluding ortho intramolecular Hbond substituents is 1. The Morgan fingerprint density at radius 1 is 1.00 bits per heavy atom. The molecule has 18 heavy (non-hydrogen) atoms. The highest BCUT2D eigenvalue weighted by molar-refractivity contribution is 6.21. The second-order valence-electron chi connectivity index (χ2n) is 4.20. The van der Waals surface area contributed by atoms with E-state index in [0.29, 0.717) is 11.3 Å². The summed E-state index contributed by atoms with van der Waals surface area (Å²) in [6.07, 6.45) is 0.231. The van der Waals surface area contributed by atoms with Crippen molar-refractivity contribution < 1.29 is 9.90 Å². The van der Waals surface area contributed by atoms with Crippen molar-refractivity contribution in [3.63, 3.8) is 0 Å². The summed E-state index contributed by atoms with van der Waals surface area (Å²) in [5.41, 5.74) is 2.57. The van der Waals surface area contributed by atoms with Gasteiger partial charge in [0.1, 0.15) is 5.75 Å². The fourth-order valence-corrected chi connectivity index (χ4v) is 2.13. The topological polar surface area (TPSA) is 49.7 Å². The van der Waals surface area contributed by atoms with Crippen molar-refractivity contribution in [2.75, 3.05) is 0 Å². The third-order valence-electron chi connectivity index (χ3n) is 2.99. The smallest absolute Gasteiger partial charge is 0.174 e. The molecule has 0 amide bonds. The standard InChI is InChI=1S/C15H11NO2/c17-13-8-4-7-11-15(13)14(18)9-12(16-11)10-5-2-1-3-6-10/h1-8,17H,9H2. The molecular formula is C15H11NO2. The van der Waals surface area contributed by atoms with Gasteiger partial charge in [0.15, 0.2) is 5.78 Å². The van der Waals surface area contributed by atoms with Gasteiger partial charge in [-0.2, -0.15) is 0 Å². The average molecular weight is 237 g/mol. The lowest BCUT2D eigenvalue weighted by atomic mass is 9.95. The van der Waals surface area contributed by atoms with Crippen molar-refractivity contribution in [2.45, 2.75) is 6.42 Å². The van der Waals surface area contributed by atoms with Crippen LogP contribution in [0.4, 0.5) is 5.69 Å². The van der Waals surface area contributed by atoms with Gasteiger partial charge in [-0.15, -0.1) is 0 Å². The van der Waals surface area contributed by atoms with Crippen LogP contribution in [-0.4, -0.2) is 16.6 Å². The second kappa shape index (κ2) is 4.11. The van der Waals surface area contributed by atoms with Crippen LogP contribution < -0.4 is 0 Å². The molecule has 1 N–H and O–H groups in total. The largest absolute Gasteiger partial charge is 0.507 e. The molecule has 88 valence electrons. The van der Waals surface area contributed by atoms with Crippen molar-refractivity contribution >= 4 is 17.2 Å². The molecule has 0 aliphatic carbocycles. The lowest BCUT2D eigenvalue weighted by molar-refractivity contribution is 0.0997. The molecule has 1 heterocycles. The van der Waals surface area contributed by atoms with Gasteiger partial charge >= 0.3 is 0 Å². The first-order valence-electron chi connectivity index (χ1n) is 5.74. The van der Waals surface area contributed by atoms with E-state index in [1.54, 1.807) is 12.1 Å². The highest BCUT2D eigenvalue weighted by atomic mass is 16.3. The van der Waals surface area contributed by atoms with Gasteiger partial charge in [-0.3, -0.25) is 9.79 Å². The molecule has 0 fully saturated rings. The summed E-state index contributed by atoms with van der Waals surface area (Å²) in [6.45, 7) is 0. The van der Waals surface area contributed by atoms with Crippen molar-refractivity contribution in [1.82, 2.24) is 0 Å². The molecule has 1 aliphatic rings. The SMILES string of the molecule is O=C1CC(c2ccccc2)=Nc2cccc(O)c21. The molecule has 2 aromatic carbocycles. The van der Waals surface area contributed by atoms with Gasteiger partial charge in [-0.25, -0.2) is 0 Å². The molecule has 0 bridgehead atoms. The number of carbonyl (C=O) groups excluding carboxylic acids is 1.